The minimum absolute atomic E-state index is 0.225. The molecule has 0 aliphatic heterocycles. The van der Waals surface area contributed by atoms with E-state index < -0.39 is 0 Å². The number of hydrogen-bond donors (Lipinski definition) is 1. The van der Waals surface area contributed by atoms with Gasteiger partial charge in [-0.05, 0) is 51.8 Å². The maximum absolute atomic E-state index is 5.86. The summed E-state index contributed by atoms with van der Waals surface area (Å²) in [5.74, 6) is 0.933. The number of nitrogens with zero attached hydrogens (tertiary/aromatic N) is 1. The van der Waals surface area contributed by atoms with Gasteiger partial charge in [-0.15, -0.1) is 11.3 Å². The molecule has 1 heterocycles. The van der Waals surface area contributed by atoms with Gasteiger partial charge in [0.1, 0.15) is 5.75 Å². The van der Waals surface area contributed by atoms with Crippen molar-refractivity contribution in [3.63, 3.8) is 0 Å². The van der Waals surface area contributed by atoms with Gasteiger partial charge in [-0.2, -0.15) is 0 Å². The number of nitrogens with one attached hydrogen (secondary N) is 1. The molecule has 0 bridgehead atoms. The van der Waals surface area contributed by atoms with E-state index in [2.05, 4.69) is 63.1 Å². The van der Waals surface area contributed by atoms with Gasteiger partial charge in [0.15, 0.2) is 0 Å². The van der Waals surface area contributed by atoms with Crippen molar-refractivity contribution in [3.8, 4) is 5.75 Å². The molecule has 0 spiro atoms. The van der Waals surface area contributed by atoms with E-state index in [-0.39, 0.29) is 6.04 Å². The van der Waals surface area contributed by atoms with Crippen molar-refractivity contribution in [2.24, 2.45) is 0 Å². The Labute approximate surface area is 131 Å². The van der Waals surface area contributed by atoms with Crippen LogP contribution in [-0.4, -0.2) is 11.6 Å². The molecule has 1 unspecified atom stereocenters. The average Bonchev–Trinajstić information content (AvgIpc) is 2.78. The van der Waals surface area contributed by atoms with Crippen LogP contribution in [0.2, 0.25) is 0 Å². The van der Waals surface area contributed by atoms with Gasteiger partial charge in [-0.3, -0.25) is 0 Å². The first-order chi connectivity index (χ1) is 10.0. The van der Waals surface area contributed by atoms with Crippen molar-refractivity contribution in [2.45, 2.75) is 47.1 Å². The largest absolute Gasteiger partial charge is 0.491 e. The first kappa shape index (κ1) is 15.8. The molecule has 1 aromatic carbocycles. The van der Waals surface area contributed by atoms with Crippen molar-refractivity contribution in [3.05, 3.63) is 39.3 Å². The van der Waals surface area contributed by atoms with Crippen molar-refractivity contribution >= 4 is 17.0 Å². The Bertz CT molecular complexity index is 607. The van der Waals surface area contributed by atoms with Gasteiger partial charge in [-0.1, -0.05) is 13.0 Å². The Kier molecular flexibility index (Phi) is 5.23. The summed E-state index contributed by atoms with van der Waals surface area (Å²) in [6, 6.07) is 6.52. The summed E-state index contributed by atoms with van der Waals surface area (Å²) >= 11 is 1.75. The predicted molar refractivity (Wildman–Crippen MR) is 90.6 cm³/mol. The first-order valence-corrected chi connectivity index (χ1v) is 8.26. The first-order valence-electron chi connectivity index (χ1n) is 7.45. The van der Waals surface area contributed by atoms with E-state index in [4.69, 9.17) is 4.74 Å². The summed E-state index contributed by atoms with van der Waals surface area (Å²) in [6.07, 6.45) is 1.01. The lowest BCUT2D eigenvalue weighted by molar-refractivity contribution is 0.318. The van der Waals surface area contributed by atoms with Crippen LogP contribution in [0.5, 0.6) is 5.75 Å². The quantitative estimate of drug-likeness (QED) is 0.812. The smallest absolute Gasteiger partial charge is 0.142 e. The Morgan fingerprint density at radius 1 is 1.29 bits per heavy atom. The number of hydrogen-bond acceptors (Lipinski definition) is 4. The Balaban J connectivity index is 2.20. The van der Waals surface area contributed by atoms with E-state index in [1.807, 2.05) is 0 Å². The van der Waals surface area contributed by atoms with E-state index in [0.717, 1.165) is 35.2 Å². The molecule has 0 saturated heterocycles. The third-order valence-corrected chi connectivity index (χ3v) is 4.56. The van der Waals surface area contributed by atoms with Crippen molar-refractivity contribution in [1.29, 1.82) is 0 Å². The molecule has 2 rings (SSSR count). The fourth-order valence-corrected chi connectivity index (χ4v) is 3.26. The van der Waals surface area contributed by atoms with Crippen LogP contribution in [0, 0.1) is 20.8 Å². The lowest BCUT2D eigenvalue weighted by atomic mass is 10.1. The normalized spacial score (nSPS) is 12.2. The highest BCUT2D eigenvalue weighted by atomic mass is 32.1. The summed E-state index contributed by atoms with van der Waals surface area (Å²) in [4.78, 5) is 5.79. The third kappa shape index (κ3) is 3.97. The second-order valence-electron chi connectivity index (χ2n) is 5.40. The molecular formula is C17H24N2OS. The van der Waals surface area contributed by atoms with Gasteiger partial charge in [0.05, 0.1) is 29.0 Å². The number of aryl methyl sites for hydroxylation is 3. The highest BCUT2D eigenvalue weighted by Crippen LogP contribution is 2.32. The molecule has 3 nitrogen and oxygen atoms in total. The lowest BCUT2D eigenvalue weighted by Gasteiger charge is -2.18. The minimum atomic E-state index is 0.225. The van der Waals surface area contributed by atoms with Crippen molar-refractivity contribution < 1.29 is 4.74 Å². The third-order valence-electron chi connectivity index (χ3n) is 3.30. The summed E-state index contributed by atoms with van der Waals surface area (Å²) < 4.78 is 5.86. The summed E-state index contributed by atoms with van der Waals surface area (Å²) in [7, 11) is 0. The molecule has 1 N–H and O–H groups in total. The Hall–Kier alpha value is -1.55. The van der Waals surface area contributed by atoms with Gasteiger partial charge < -0.3 is 10.1 Å². The van der Waals surface area contributed by atoms with Crippen LogP contribution in [0.1, 0.15) is 47.5 Å². The van der Waals surface area contributed by atoms with E-state index >= 15 is 0 Å². The highest BCUT2D eigenvalue weighted by molar-refractivity contribution is 7.11. The minimum Gasteiger partial charge on any atom is -0.491 e. The van der Waals surface area contributed by atoms with Gasteiger partial charge in [-0.25, -0.2) is 4.98 Å². The van der Waals surface area contributed by atoms with Crippen LogP contribution >= 0.6 is 11.3 Å². The van der Waals surface area contributed by atoms with Gasteiger partial charge in [0.25, 0.3) is 0 Å². The topological polar surface area (TPSA) is 34.1 Å². The zero-order valence-corrected chi connectivity index (χ0v) is 14.3. The van der Waals surface area contributed by atoms with E-state index in [0.29, 0.717) is 0 Å². The molecule has 1 aromatic heterocycles. The van der Waals surface area contributed by atoms with Crippen LogP contribution in [0.4, 0.5) is 5.69 Å². The molecule has 114 valence electrons. The number of thiazole rings is 1. The monoisotopic (exact) mass is 304 g/mol. The van der Waals surface area contributed by atoms with Gasteiger partial charge in [0, 0.05) is 4.88 Å². The number of rotatable bonds is 6. The lowest BCUT2D eigenvalue weighted by Crippen LogP contribution is -2.08. The van der Waals surface area contributed by atoms with Crippen LogP contribution in [0.3, 0.4) is 0 Å². The predicted octanol–water partition coefficient (Wildman–Crippen LogP) is 5.03. The zero-order valence-electron chi connectivity index (χ0n) is 13.5. The van der Waals surface area contributed by atoms with Crippen molar-refractivity contribution in [2.75, 3.05) is 11.9 Å². The summed E-state index contributed by atoms with van der Waals surface area (Å²) in [5, 5.41) is 4.68. The highest BCUT2D eigenvalue weighted by Gasteiger charge is 2.14. The van der Waals surface area contributed by atoms with Crippen LogP contribution in [-0.2, 0) is 0 Å². The number of aromatic nitrogens is 1. The van der Waals surface area contributed by atoms with Crippen molar-refractivity contribution in [1.82, 2.24) is 4.98 Å². The van der Waals surface area contributed by atoms with Crippen LogP contribution < -0.4 is 10.1 Å². The molecule has 0 aliphatic rings. The van der Waals surface area contributed by atoms with Gasteiger partial charge >= 0.3 is 0 Å². The Morgan fingerprint density at radius 3 is 2.67 bits per heavy atom. The van der Waals surface area contributed by atoms with E-state index in [1.54, 1.807) is 11.3 Å². The SMILES string of the molecule is CCCOc1cc(C)ccc1NC(C)c1sc(C)nc1C. The second kappa shape index (κ2) is 6.94. The summed E-state index contributed by atoms with van der Waals surface area (Å²) in [6.45, 7) is 11.2. The van der Waals surface area contributed by atoms with E-state index in [9.17, 15) is 0 Å². The Morgan fingerprint density at radius 2 is 2.05 bits per heavy atom. The molecule has 1 atom stereocenters. The molecular weight excluding hydrogens is 280 g/mol. The molecule has 21 heavy (non-hydrogen) atoms. The molecule has 0 saturated carbocycles. The molecule has 2 aromatic rings. The fraction of sp³-hybridized carbons (Fsp3) is 0.471. The number of anilines is 1. The molecule has 0 fully saturated rings. The molecule has 0 aliphatic carbocycles. The summed E-state index contributed by atoms with van der Waals surface area (Å²) in [5.41, 5.74) is 3.37. The van der Waals surface area contributed by atoms with E-state index in [1.165, 1.54) is 10.4 Å². The molecule has 4 heteroatoms. The zero-order chi connectivity index (χ0) is 15.4. The average molecular weight is 304 g/mol. The molecule has 0 radical (unpaired) electrons. The van der Waals surface area contributed by atoms with Gasteiger partial charge in [0.2, 0.25) is 0 Å². The van der Waals surface area contributed by atoms with Crippen LogP contribution in [0.15, 0.2) is 18.2 Å². The fourth-order valence-electron chi connectivity index (χ4n) is 2.33. The van der Waals surface area contributed by atoms with Crippen LogP contribution in [0.25, 0.3) is 0 Å². The maximum atomic E-state index is 5.86. The maximum Gasteiger partial charge on any atom is 0.142 e. The number of benzene rings is 1. The second-order valence-corrected chi connectivity index (χ2v) is 6.63. The standard InChI is InChI=1S/C17H24N2OS/c1-6-9-20-16-10-11(2)7-8-15(16)19-13(4)17-12(3)18-14(5)21-17/h7-8,10,13,19H,6,9H2,1-5H3. The molecule has 0 amide bonds. The number of ether oxygens (including phenoxy) is 1.